The van der Waals surface area contributed by atoms with Crippen molar-refractivity contribution in [2.75, 3.05) is 44.6 Å². The number of amides is 3. The van der Waals surface area contributed by atoms with Gasteiger partial charge in [0, 0.05) is 51.0 Å². The molecule has 0 radical (unpaired) electrons. The fraction of sp³-hybridized carbons (Fsp3) is 0.414. The quantitative estimate of drug-likeness (QED) is 0.331. The number of nitriles is 1. The van der Waals surface area contributed by atoms with Gasteiger partial charge in [0.25, 0.3) is 18.3 Å². The maximum absolute atomic E-state index is 13.6. The number of benzene rings is 1. The Hall–Kier alpha value is -4.95. The van der Waals surface area contributed by atoms with E-state index in [1.165, 1.54) is 29.8 Å². The van der Waals surface area contributed by atoms with Gasteiger partial charge in [-0.25, -0.2) is 4.98 Å². The molecule has 4 heterocycles. The number of alkyl halides is 3. The predicted molar refractivity (Wildman–Crippen MR) is 161 cm³/mol. The van der Waals surface area contributed by atoms with Crippen LogP contribution in [0.1, 0.15) is 39.5 Å². The first kappa shape index (κ1) is 34.9. The monoisotopic (exact) mass is 677 g/mol. The van der Waals surface area contributed by atoms with Gasteiger partial charge in [-0.15, -0.1) is 0 Å². The van der Waals surface area contributed by atoms with E-state index in [4.69, 9.17) is 26.8 Å². The maximum Gasteiger partial charge on any atom is 0.435 e. The summed E-state index contributed by atoms with van der Waals surface area (Å²) in [6, 6.07) is 6.12. The van der Waals surface area contributed by atoms with Gasteiger partial charge in [-0.05, 0) is 44.1 Å². The number of imidazole rings is 1. The number of halogens is 4. The Morgan fingerprint density at radius 3 is 2.40 bits per heavy atom. The Kier molecular flexibility index (Phi) is 11.2. The first-order valence-corrected chi connectivity index (χ1v) is 14.8. The molecular formula is C29H31ClF3N9O5. The van der Waals surface area contributed by atoms with Gasteiger partial charge in [-0.1, -0.05) is 11.6 Å². The number of rotatable bonds is 6. The average Bonchev–Trinajstić information content (AvgIpc) is 3.65. The smallest absolute Gasteiger partial charge is 0.435 e. The Balaban J connectivity index is 0.00000160. The van der Waals surface area contributed by atoms with Crippen LogP contribution in [0.2, 0.25) is 5.02 Å². The normalized spacial score (nSPS) is 15.3. The summed E-state index contributed by atoms with van der Waals surface area (Å²) >= 11 is 6.43. The standard InChI is InChI=1S/C28H29ClF3N9O3.CH2O2/c1-38-22(20-16-41(9-6-33)37-23(20)28(30,31)32)15-35-24(38)25(42)36-18-2-3-19(21(29)14-18)27(44)40-12-10-39(11-13-40)26(43)17-4-7-34-8-5-17;2-1-3/h2-3,14-17,34H,4-5,7-13H2,1H3,(H,36,42);1H,(H,2,3). The largest absolute Gasteiger partial charge is 0.483 e. The Bertz CT molecular complexity index is 1670. The molecule has 1 aromatic carbocycles. The summed E-state index contributed by atoms with van der Waals surface area (Å²) in [7, 11) is 1.38. The number of hydrogen-bond acceptors (Lipinski definition) is 8. The third-order valence-corrected chi connectivity index (χ3v) is 8.07. The van der Waals surface area contributed by atoms with Gasteiger partial charge in [0.05, 0.1) is 34.1 Å². The van der Waals surface area contributed by atoms with Crippen molar-refractivity contribution in [3.05, 3.63) is 52.7 Å². The van der Waals surface area contributed by atoms with Crippen LogP contribution in [0.25, 0.3) is 11.3 Å². The van der Waals surface area contributed by atoms with Gasteiger partial charge in [0.15, 0.2) is 11.5 Å². The van der Waals surface area contributed by atoms with Crippen molar-refractivity contribution >= 4 is 41.5 Å². The summed E-state index contributed by atoms with van der Waals surface area (Å²) in [4.78, 5) is 54.8. The fourth-order valence-corrected chi connectivity index (χ4v) is 5.68. The number of carbonyl (C=O) groups is 4. The molecular weight excluding hydrogens is 647 g/mol. The number of carbonyl (C=O) groups excluding carboxylic acids is 3. The lowest BCUT2D eigenvalue weighted by Crippen LogP contribution is -2.52. The number of piperidine rings is 1. The van der Waals surface area contributed by atoms with Crippen molar-refractivity contribution in [1.29, 1.82) is 5.26 Å². The minimum Gasteiger partial charge on any atom is -0.483 e. The van der Waals surface area contributed by atoms with Crippen molar-refractivity contribution in [2.45, 2.75) is 25.6 Å². The first-order valence-electron chi connectivity index (χ1n) is 14.4. The molecule has 18 heteroatoms. The molecule has 2 aliphatic heterocycles. The van der Waals surface area contributed by atoms with Crippen LogP contribution >= 0.6 is 11.6 Å². The summed E-state index contributed by atoms with van der Waals surface area (Å²) in [6.07, 6.45) is -0.979. The third kappa shape index (κ3) is 8.07. The summed E-state index contributed by atoms with van der Waals surface area (Å²) in [5.41, 5.74) is -1.08. The van der Waals surface area contributed by atoms with Crippen LogP contribution in [0.4, 0.5) is 18.9 Å². The molecule has 2 aliphatic rings. The number of hydrogen-bond donors (Lipinski definition) is 3. The predicted octanol–water partition coefficient (Wildman–Crippen LogP) is 2.72. The van der Waals surface area contributed by atoms with Gasteiger partial charge < -0.3 is 30.1 Å². The van der Waals surface area contributed by atoms with Gasteiger partial charge in [0.1, 0.15) is 6.54 Å². The van der Waals surface area contributed by atoms with Crippen molar-refractivity contribution < 1.29 is 37.5 Å². The maximum atomic E-state index is 13.6. The molecule has 250 valence electrons. The van der Waals surface area contributed by atoms with Gasteiger partial charge in [0.2, 0.25) is 5.91 Å². The lowest BCUT2D eigenvalue weighted by molar-refractivity contribution is -0.141. The molecule has 2 aromatic heterocycles. The zero-order chi connectivity index (χ0) is 34.3. The van der Waals surface area contributed by atoms with E-state index in [2.05, 4.69) is 20.7 Å². The summed E-state index contributed by atoms with van der Waals surface area (Å²) < 4.78 is 42.9. The van der Waals surface area contributed by atoms with Gasteiger partial charge in [-0.2, -0.15) is 23.5 Å². The highest BCUT2D eigenvalue weighted by Gasteiger charge is 2.38. The number of nitrogens with one attached hydrogen (secondary N) is 2. The van der Waals surface area contributed by atoms with Crippen LogP contribution in [0.15, 0.2) is 30.6 Å². The number of nitrogens with zero attached hydrogens (tertiary/aromatic N) is 7. The lowest BCUT2D eigenvalue weighted by atomic mass is 9.96. The van der Waals surface area contributed by atoms with Crippen LogP contribution < -0.4 is 10.6 Å². The second-order valence-corrected chi connectivity index (χ2v) is 11.1. The zero-order valence-electron chi connectivity index (χ0n) is 25.1. The summed E-state index contributed by atoms with van der Waals surface area (Å²) in [5.74, 6) is -1.06. The molecule has 2 saturated heterocycles. The molecule has 2 fully saturated rings. The van der Waals surface area contributed by atoms with Crippen molar-refractivity contribution in [1.82, 2.24) is 34.4 Å². The van der Waals surface area contributed by atoms with Crippen LogP contribution in [0, 0.1) is 17.2 Å². The fourth-order valence-electron chi connectivity index (χ4n) is 5.42. The molecule has 14 nitrogen and oxygen atoms in total. The van der Waals surface area contributed by atoms with E-state index in [0.29, 0.717) is 26.2 Å². The Labute approximate surface area is 271 Å². The summed E-state index contributed by atoms with van der Waals surface area (Å²) in [5, 5.41) is 25.2. The first-order chi connectivity index (χ1) is 22.4. The van der Waals surface area contributed by atoms with Crippen LogP contribution in [0.5, 0.6) is 0 Å². The van der Waals surface area contributed by atoms with Crippen molar-refractivity contribution in [3.63, 3.8) is 0 Å². The number of piperazine rings is 1. The lowest BCUT2D eigenvalue weighted by Gasteiger charge is -2.37. The van der Waals surface area contributed by atoms with E-state index in [9.17, 15) is 27.6 Å². The molecule has 5 rings (SSSR count). The second kappa shape index (κ2) is 15.1. The molecule has 0 unspecified atom stereocenters. The molecule has 0 aliphatic carbocycles. The second-order valence-electron chi connectivity index (χ2n) is 10.7. The minimum absolute atomic E-state index is 0.0128. The molecule has 0 saturated carbocycles. The van der Waals surface area contributed by atoms with Gasteiger partial charge in [-0.3, -0.25) is 23.9 Å². The minimum atomic E-state index is -4.80. The highest BCUT2D eigenvalue weighted by Crippen LogP contribution is 2.36. The van der Waals surface area contributed by atoms with Crippen molar-refractivity contribution in [3.8, 4) is 17.3 Å². The van der Waals surface area contributed by atoms with E-state index < -0.39 is 17.8 Å². The number of aromatic nitrogens is 4. The third-order valence-electron chi connectivity index (χ3n) is 7.75. The molecule has 0 atom stereocenters. The van der Waals surface area contributed by atoms with E-state index in [1.807, 2.05) is 4.90 Å². The van der Waals surface area contributed by atoms with Crippen LogP contribution in [-0.4, -0.2) is 97.7 Å². The Morgan fingerprint density at radius 1 is 1.17 bits per heavy atom. The van der Waals surface area contributed by atoms with Crippen LogP contribution in [-0.2, 0) is 29.4 Å². The average molecular weight is 678 g/mol. The number of anilines is 1. The molecule has 3 amide bonds. The van der Waals surface area contributed by atoms with Crippen molar-refractivity contribution in [2.24, 2.45) is 13.0 Å². The summed E-state index contributed by atoms with van der Waals surface area (Å²) in [6.45, 7) is 2.64. The Morgan fingerprint density at radius 2 is 1.81 bits per heavy atom. The topological polar surface area (TPSA) is 178 Å². The van der Waals surface area contributed by atoms with Gasteiger partial charge >= 0.3 is 6.18 Å². The SMILES string of the molecule is Cn1c(-c2cn(CC#N)nc2C(F)(F)F)cnc1C(=O)Nc1ccc(C(=O)N2CCN(C(=O)C3CCNCC3)CC2)c(Cl)c1.O=CO. The molecule has 3 aromatic rings. The van der Waals surface area contributed by atoms with E-state index in [1.54, 1.807) is 11.0 Å². The molecule has 3 N–H and O–H groups in total. The zero-order valence-corrected chi connectivity index (χ0v) is 25.9. The molecule has 47 heavy (non-hydrogen) atoms. The highest BCUT2D eigenvalue weighted by molar-refractivity contribution is 6.34. The molecule has 0 bridgehead atoms. The van der Waals surface area contributed by atoms with E-state index in [0.717, 1.165) is 43.0 Å². The van der Waals surface area contributed by atoms with Crippen LogP contribution in [0.3, 0.4) is 0 Å². The molecule has 0 spiro atoms. The highest BCUT2D eigenvalue weighted by atomic mass is 35.5. The van der Waals surface area contributed by atoms with E-state index >= 15 is 0 Å². The number of carboxylic acid groups (broad SMARTS) is 1. The van der Waals surface area contributed by atoms with E-state index in [-0.39, 0.29) is 64.1 Å².